The summed E-state index contributed by atoms with van der Waals surface area (Å²) in [6.45, 7) is 3.41. The third-order valence-corrected chi connectivity index (χ3v) is 6.41. The van der Waals surface area contributed by atoms with Crippen molar-refractivity contribution in [1.29, 1.82) is 0 Å². The Morgan fingerprint density at radius 2 is 1.71 bits per heavy atom. The van der Waals surface area contributed by atoms with Crippen molar-refractivity contribution < 1.29 is 24.2 Å². The molecule has 0 spiro atoms. The number of amides is 1. The molecule has 12 heteroatoms. The minimum atomic E-state index is -9.71. The smallest absolute Gasteiger partial charge is 0.310 e. The number of aromatic nitrogens is 2. The highest BCUT2D eigenvalue weighted by atomic mass is 32.5. The molecule has 0 saturated heterocycles. The topological polar surface area (TPSA) is 80.9 Å². The molecule has 0 saturated carbocycles. The number of rotatable bonds is 4. The van der Waals surface area contributed by atoms with E-state index in [1.165, 1.54) is 0 Å². The zero-order valence-corrected chi connectivity index (χ0v) is 16.2. The molecule has 3 rings (SSSR count). The molecule has 2 heterocycles. The second-order valence-electron chi connectivity index (χ2n) is 6.23. The number of thiophene rings is 1. The maximum Gasteiger partial charge on any atom is 0.310 e. The molecule has 0 atom stereocenters. The van der Waals surface area contributed by atoms with Crippen molar-refractivity contribution >= 4 is 43.4 Å². The van der Waals surface area contributed by atoms with Crippen molar-refractivity contribution in [2.75, 3.05) is 5.73 Å². The molecule has 2 aromatic heterocycles. The van der Waals surface area contributed by atoms with E-state index in [1.54, 1.807) is 13.8 Å². The summed E-state index contributed by atoms with van der Waals surface area (Å²) in [5.41, 5.74) is 7.99. The molecule has 1 amide bonds. The van der Waals surface area contributed by atoms with Gasteiger partial charge in [0.1, 0.15) is 14.6 Å². The van der Waals surface area contributed by atoms with Gasteiger partial charge in [0.05, 0.1) is 11.4 Å². The van der Waals surface area contributed by atoms with Gasteiger partial charge >= 0.3 is 10.2 Å². The molecule has 0 aliphatic carbocycles. The van der Waals surface area contributed by atoms with Crippen molar-refractivity contribution in [2.24, 2.45) is 0 Å². The van der Waals surface area contributed by atoms with Crippen LogP contribution < -0.4 is 11.1 Å². The highest BCUT2D eigenvalue weighted by Crippen LogP contribution is 3.02. The van der Waals surface area contributed by atoms with E-state index >= 15 is 0 Å². The van der Waals surface area contributed by atoms with Gasteiger partial charge in [-0.25, -0.2) is 0 Å². The lowest BCUT2D eigenvalue weighted by Gasteiger charge is -2.40. The van der Waals surface area contributed by atoms with Crippen LogP contribution in [0.5, 0.6) is 0 Å². The van der Waals surface area contributed by atoms with Crippen molar-refractivity contribution in [3.8, 4) is 0 Å². The van der Waals surface area contributed by atoms with Crippen LogP contribution in [0.25, 0.3) is 10.2 Å². The van der Waals surface area contributed by atoms with E-state index in [-0.39, 0.29) is 22.7 Å². The zero-order valence-electron chi connectivity index (χ0n) is 14.6. The number of nitrogen functional groups attached to an aromatic ring is 1. The SMILES string of the molecule is Cc1nnc2sc(C(=O)NCc3ccc(S(F)(F)(F)(F)F)cc3)c(N)c2c1C. The van der Waals surface area contributed by atoms with Crippen molar-refractivity contribution in [3.05, 3.63) is 46.0 Å². The van der Waals surface area contributed by atoms with Gasteiger partial charge in [0, 0.05) is 11.9 Å². The number of aryl methyl sites for hydroxylation is 2. The van der Waals surface area contributed by atoms with E-state index in [9.17, 15) is 24.2 Å². The molecule has 152 valence electrons. The lowest BCUT2D eigenvalue weighted by atomic mass is 10.1. The largest absolute Gasteiger partial charge is 0.397 e. The highest BCUT2D eigenvalue weighted by molar-refractivity contribution is 8.45. The van der Waals surface area contributed by atoms with Crippen molar-refractivity contribution in [2.45, 2.75) is 25.3 Å². The molecule has 1 aromatic carbocycles. The first-order valence-electron chi connectivity index (χ1n) is 7.80. The average Bonchev–Trinajstić information content (AvgIpc) is 2.92. The van der Waals surface area contributed by atoms with Gasteiger partial charge in [-0.3, -0.25) is 4.79 Å². The van der Waals surface area contributed by atoms with Gasteiger partial charge in [-0.05, 0) is 37.1 Å². The van der Waals surface area contributed by atoms with Crippen LogP contribution in [0, 0.1) is 13.8 Å². The van der Waals surface area contributed by atoms with Crippen LogP contribution in [0.4, 0.5) is 25.1 Å². The molecular weight excluding hydrogens is 423 g/mol. The minimum absolute atomic E-state index is 0.156. The molecule has 0 radical (unpaired) electrons. The van der Waals surface area contributed by atoms with Crippen LogP contribution in [0.2, 0.25) is 0 Å². The number of carbonyl (C=O) groups is 1. The molecule has 0 unspecified atom stereocenters. The number of fused-ring (bicyclic) bond motifs is 1. The summed E-state index contributed by atoms with van der Waals surface area (Å²) in [7, 11) is -9.71. The summed E-state index contributed by atoms with van der Waals surface area (Å²) < 4.78 is 63.6. The predicted octanol–water partition coefficient (Wildman–Crippen LogP) is 5.48. The Labute approximate surface area is 160 Å². The van der Waals surface area contributed by atoms with Crippen LogP contribution in [0.15, 0.2) is 29.2 Å². The Kier molecular flexibility index (Phi) is 4.17. The Bertz CT molecular complexity index is 1100. The number of nitrogens with zero attached hydrogens (tertiary/aromatic N) is 2. The standard InChI is InChI=1S/C16H15F5N4OS2/c1-8-9(2)24-25-16-12(8)13(22)14(27-16)15(26)23-7-10-3-5-11(6-4-10)28(17,18,19,20)21/h3-6H,7,22H2,1-2H3,(H,23,26). The highest BCUT2D eigenvalue weighted by Gasteiger charge is 2.65. The third-order valence-electron chi connectivity index (χ3n) is 4.16. The van der Waals surface area contributed by atoms with Crippen molar-refractivity contribution in [3.63, 3.8) is 0 Å². The molecule has 0 bridgehead atoms. The summed E-state index contributed by atoms with van der Waals surface area (Å²) in [6, 6.07) is 2.39. The second-order valence-corrected chi connectivity index (χ2v) is 9.64. The van der Waals surface area contributed by atoms with E-state index in [0.717, 1.165) is 29.0 Å². The fourth-order valence-electron chi connectivity index (χ4n) is 2.54. The third kappa shape index (κ3) is 3.87. The maximum atomic E-state index is 12.7. The van der Waals surface area contributed by atoms with Gasteiger partial charge in [0.25, 0.3) is 5.91 Å². The minimum Gasteiger partial charge on any atom is -0.397 e. The van der Waals surface area contributed by atoms with Crippen LogP contribution >= 0.6 is 21.6 Å². The first-order chi connectivity index (χ1) is 12.7. The number of nitrogens with one attached hydrogen (secondary N) is 1. The lowest BCUT2D eigenvalue weighted by Crippen LogP contribution is -2.22. The summed E-state index contributed by atoms with van der Waals surface area (Å²) in [6.07, 6.45) is 0. The normalized spacial score (nSPS) is 14.5. The van der Waals surface area contributed by atoms with E-state index in [2.05, 4.69) is 15.5 Å². The monoisotopic (exact) mass is 438 g/mol. The van der Waals surface area contributed by atoms with E-state index in [0.29, 0.717) is 28.0 Å². The van der Waals surface area contributed by atoms with Crippen LogP contribution in [0.3, 0.4) is 0 Å². The van der Waals surface area contributed by atoms with Gasteiger partial charge < -0.3 is 11.1 Å². The number of nitrogens with two attached hydrogens (primary N) is 1. The number of hydrogen-bond donors (Lipinski definition) is 2. The van der Waals surface area contributed by atoms with Gasteiger partial charge in [-0.15, -0.1) is 16.4 Å². The molecule has 0 aliphatic rings. The summed E-state index contributed by atoms with van der Waals surface area (Å²) >= 11 is 1.04. The molecule has 28 heavy (non-hydrogen) atoms. The summed E-state index contributed by atoms with van der Waals surface area (Å²) in [4.78, 5) is 11.1. The molecule has 3 N–H and O–H groups in total. The Balaban J connectivity index is 1.79. The fourth-order valence-corrected chi connectivity index (χ4v) is 4.20. The van der Waals surface area contributed by atoms with E-state index in [1.807, 2.05) is 0 Å². The van der Waals surface area contributed by atoms with Gasteiger partial charge in [0.15, 0.2) is 0 Å². The zero-order chi connectivity index (χ0) is 21.0. The molecule has 3 aromatic rings. The van der Waals surface area contributed by atoms with Crippen LogP contribution in [-0.2, 0) is 6.54 Å². The molecular formula is C16H15F5N4OS2. The molecule has 5 nitrogen and oxygen atoms in total. The summed E-state index contributed by atoms with van der Waals surface area (Å²) in [5.74, 6) is -0.547. The Hall–Kier alpha value is -2.47. The summed E-state index contributed by atoms with van der Waals surface area (Å²) in [5, 5.41) is 11.1. The first-order valence-corrected chi connectivity index (χ1v) is 10.6. The van der Waals surface area contributed by atoms with Gasteiger partial charge in [-0.1, -0.05) is 31.6 Å². The van der Waals surface area contributed by atoms with E-state index < -0.39 is 21.0 Å². The Morgan fingerprint density at radius 3 is 2.29 bits per heavy atom. The maximum absolute atomic E-state index is 12.7. The van der Waals surface area contributed by atoms with Gasteiger partial charge in [0.2, 0.25) is 0 Å². The quantitative estimate of drug-likeness (QED) is 0.529. The number of hydrogen-bond acceptors (Lipinski definition) is 5. The van der Waals surface area contributed by atoms with Crippen molar-refractivity contribution in [1.82, 2.24) is 15.5 Å². The van der Waals surface area contributed by atoms with E-state index in [4.69, 9.17) is 5.73 Å². The number of carbonyl (C=O) groups excluding carboxylic acids is 1. The lowest BCUT2D eigenvalue weighted by molar-refractivity contribution is 0.0955. The van der Waals surface area contributed by atoms with Crippen LogP contribution in [0.1, 0.15) is 26.5 Å². The second kappa shape index (κ2) is 5.77. The molecule has 0 aliphatic heterocycles. The first kappa shape index (κ1) is 20.3. The fraction of sp³-hybridized carbons (Fsp3) is 0.188. The number of anilines is 1. The molecule has 0 fully saturated rings. The predicted molar refractivity (Wildman–Crippen MR) is 100 cm³/mol. The average molecular weight is 438 g/mol. The van der Waals surface area contributed by atoms with Gasteiger partial charge in [-0.2, -0.15) is 5.10 Å². The number of halogens is 5. The Morgan fingerprint density at radius 1 is 1.11 bits per heavy atom. The van der Waals surface area contributed by atoms with Crippen LogP contribution in [-0.4, -0.2) is 16.1 Å². The number of benzene rings is 1.